The van der Waals surface area contributed by atoms with E-state index in [1.165, 1.54) is 18.2 Å². The lowest BCUT2D eigenvalue weighted by Crippen LogP contribution is -2.17. The molecule has 0 saturated carbocycles. The van der Waals surface area contributed by atoms with Gasteiger partial charge in [-0.1, -0.05) is 61.8 Å². The number of aromatic nitrogens is 4. The number of nitrogens with zero attached hydrogens (tertiary/aromatic N) is 2. The smallest absolute Gasteiger partial charge is 0.251 e. The fraction of sp³-hybridized carbons (Fsp3) is 0.333. The van der Waals surface area contributed by atoms with Gasteiger partial charge in [-0.25, -0.2) is 9.97 Å². The highest BCUT2D eigenvalue weighted by Crippen LogP contribution is 2.26. The second-order valence-electron chi connectivity index (χ2n) is 7.95. The molecule has 3 rings (SSSR count). The molecule has 2 aromatic heterocycles. The van der Waals surface area contributed by atoms with Crippen LogP contribution < -0.4 is 21.8 Å². The summed E-state index contributed by atoms with van der Waals surface area (Å²) in [7, 11) is 0. The van der Waals surface area contributed by atoms with Crippen LogP contribution in [0.2, 0.25) is 5.02 Å². The summed E-state index contributed by atoms with van der Waals surface area (Å²) in [6, 6.07) is 7.64. The summed E-state index contributed by atoms with van der Waals surface area (Å²) in [4.78, 5) is 62.2. The number of thioether (sulfide) groups is 2. The van der Waals surface area contributed by atoms with Crippen LogP contribution in [0.4, 0.5) is 11.4 Å². The van der Waals surface area contributed by atoms with E-state index in [2.05, 4.69) is 30.6 Å². The normalized spacial score (nSPS) is 10.8. The molecule has 0 atom stereocenters. The molecule has 0 fully saturated rings. The maximum absolute atomic E-state index is 12.4. The summed E-state index contributed by atoms with van der Waals surface area (Å²) in [5, 5.41) is 6.46. The number of hydrogen-bond donors (Lipinski definition) is 4. The Morgan fingerprint density at radius 1 is 0.838 bits per heavy atom. The number of halogens is 1. The van der Waals surface area contributed by atoms with Crippen molar-refractivity contribution in [1.82, 2.24) is 19.9 Å². The van der Waals surface area contributed by atoms with E-state index in [1.807, 2.05) is 13.8 Å². The Bertz CT molecular complexity index is 1380. The van der Waals surface area contributed by atoms with Gasteiger partial charge in [-0.2, -0.15) is 0 Å². The molecule has 1 aromatic carbocycles. The third kappa shape index (κ3) is 9.38. The molecule has 0 bridgehead atoms. The van der Waals surface area contributed by atoms with Crippen molar-refractivity contribution in [3.05, 3.63) is 67.4 Å². The first-order valence-electron chi connectivity index (χ1n) is 11.6. The van der Waals surface area contributed by atoms with Crippen LogP contribution >= 0.6 is 35.1 Å². The first-order chi connectivity index (χ1) is 17.7. The molecule has 0 unspecified atom stereocenters. The van der Waals surface area contributed by atoms with Crippen molar-refractivity contribution >= 4 is 58.3 Å². The van der Waals surface area contributed by atoms with Gasteiger partial charge in [0.1, 0.15) is 0 Å². The predicted octanol–water partition coefficient (Wildman–Crippen LogP) is 3.87. The first-order valence-corrected chi connectivity index (χ1v) is 14.0. The van der Waals surface area contributed by atoms with Crippen LogP contribution in [0.25, 0.3) is 0 Å². The van der Waals surface area contributed by atoms with Crippen molar-refractivity contribution in [2.45, 2.75) is 49.8 Å². The Labute approximate surface area is 226 Å². The molecular formula is C24H27ClN6O4S2. The van der Waals surface area contributed by atoms with Gasteiger partial charge in [0.15, 0.2) is 10.3 Å². The summed E-state index contributed by atoms with van der Waals surface area (Å²) in [5.74, 6) is -0.554. The molecule has 0 aliphatic carbocycles. The van der Waals surface area contributed by atoms with E-state index in [1.54, 1.807) is 12.1 Å². The van der Waals surface area contributed by atoms with E-state index in [9.17, 15) is 19.2 Å². The second-order valence-corrected chi connectivity index (χ2v) is 10.3. The quantitative estimate of drug-likeness (QED) is 0.192. The van der Waals surface area contributed by atoms with Gasteiger partial charge in [-0.3, -0.25) is 19.2 Å². The Morgan fingerprint density at radius 2 is 1.35 bits per heavy atom. The standard InChI is InChI=1S/C24H27ClN6O4S2/c1-3-5-14-10-19(32)30-23(27-14)36-12-21(34)26-16-7-8-18(17(25)9-16)29-22(35)13-37-24-28-15(6-4-2)11-20(33)31-24/h7-11H,3-6,12-13H2,1-2H3,(H,26,34)(H,29,35)(H,27,30,32)(H,28,31,33). The van der Waals surface area contributed by atoms with Gasteiger partial charge in [0.25, 0.3) is 11.1 Å². The molecule has 2 amide bonds. The van der Waals surface area contributed by atoms with E-state index < -0.39 is 0 Å². The highest BCUT2D eigenvalue weighted by molar-refractivity contribution is 8.00. The van der Waals surface area contributed by atoms with Crippen LogP contribution in [0, 0.1) is 0 Å². The molecule has 0 aliphatic rings. The lowest BCUT2D eigenvalue weighted by Gasteiger charge is -2.10. The third-order valence-electron chi connectivity index (χ3n) is 4.77. The second kappa shape index (κ2) is 14.0. The van der Waals surface area contributed by atoms with Crippen LogP contribution in [0.3, 0.4) is 0 Å². The number of carbonyl (C=O) groups is 2. The predicted molar refractivity (Wildman–Crippen MR) is 148 cm³/mol. The Hall–Kier alpha value is -3.09. The van der Waals surface area contributed by atoms with E-state index in [0.29, 0.717) is 45.9 Å². The monoisotopic (exact) mass is 562 g/mol. The van der Waals surface area contributed by atoms with Crippen LogP contribution in [0.1, 0.15) is 38.1 Å². The van der Waals surface area contributed by atoms with E-state index in [4.69, 9.17) is 11.6 Å². The van der Waals surface area contributed by atoms with Crippen molar-refractivity contribution in [2.75, 3.05) is 22.1 Å². The lowest BCUT2D eigenvalue weighted by molar-refractivity contribution is -0.114. The van der Waals surface area contributed by atoms with Crippen molar-refractivity contribution < 1.29 is 9.59 Å². The van der Waals surface area contributed by atoms with E-state index in [0.717, 1.165) is 36.4 Å². The molecule has 3 aromatic rings. The average Bonchev–Trinajstić information content (AvgIpc) is 2.83. The van der Waals surface area contributed by atoms with Crippen LogP contribution in [0.5, 0.6) is 0 Å². The lowest BCUT2D eigenvalue weighted by atomic mass is 10.2. The summed E-state index contributed by atoms with van der Waals surface area (Å²) in [5.41, 5.74) is 1.71. The molecule has 10 nitrogen and oxygen atoms in total. The minimum atomic E-state index is -0.324. The zero-order valence-electron chi connectivity index (χ0n) is 20.4. The fourth-order valence-electron chi connectivity index (χ4n) is 3.22. The van der Waals surface area contributed by atoms with Gasteiger partial charge < -0.3 is 20.6 Å². The van der Waals surface area contributed by atoms with E-state index in [-0.39, 0.29) is 39.5 Å². The fourth-order valence-corrected chi connectivity index (χ4v) is 4.83. The summed E-state index contributed by atoms with van der Waals surface area (Å²) < 4.78 is 0. The Kier molecular flexibility index (Phi) is 10.8. The van der Waals surface area contributed by atoms with Crippen LogP contribution in [-0.2, 0) is 22.4 Å². The number of benzene rings is 1. The Morgan fingerprint density at radius 3 is 1.84 bits per heavy atom. The number of H-pyrrole nitrogens is 2. The molecule has 0 aliphatic heterocycles. The minimum Gasteiger partial charge on any atom is -0.325 e. The van der Waals surface area contributed by atoms with Crippen molar-refractivity contribution in [3.8, 4) is 0 Å². The topological polar surface area (TPSA) is 150 Å². The molecule has 4 N–H and O–H groups in total. The average molecular weight is 563 g/mol. The number of nitrogens with one attached hydrogen (secondary N) is 4. The number of aromatic amines is 2. The number of anilines is 2. The molecule has 0 radical (unpaired) electrons. The van der Waals surface area contributed by atoms with Gasteiger partial charge >= 0.3 is 0 Å². The highest BCUT2D eigenvalue weighted by Gasteiger charge is 2.11. The molecule has 37 heavy (non-hydrogen) atoms. The Balaban J connectivity index is 1.51. The molecule has 0 spiro atoms. The molecule has 0 saturated heterocycles. The van der Waals surface area contributed by atoms with Gasteiger partial charge in [0.05, 0.1) is 22.2 Å². The van der Waals surface area contributed by atoms with Gasteiger partial charge in [0.2, 0.25) is 11.8 Å². The highest BCUT2D eigenvalue weighted by atomic mass is 35.5. The SMILES string of the molecule is CCCc1cc(=O)[nH]c(SCC(=O)Nc2ccc(NC(=O)CSc3nc(CCC)cc(=O)[nH]3)c(Cl)c2)n1. The molecule has 196 valence electrons. The van der Waals surface area contributed by atoms with Crippen LogP contribution in [-0.4, -0.2) is 43.3 Å². The zero-order chi connectivity index (χ0) is 26.8. The molecule has 13 heteroatoms. The summed E-state index contributed by atoms with van der Waals surface area (Å²) in [6.45, 7) is 3.99. The van der Waals surface area contributed by atoms with Gasteiger partial charge in [-0.05, 0) is 31.0 Å². The number of aryl methyl sites for hydroxylation is 2. The number of hydrogen-bond acceptors (Lipinski definition) is 8. The third-order valence-corrected chi connectivity index (χ3v) is 6.82. The first kappa shape index (κ1) is 28.5. The molecular weight excluding hydrogens is 536 g/mol. The minimum absolute atomic E-state index is 0.0279. The zero-order valence-corrected chi connectivity index (χ0v) is 22.7. The van der Waals surface area contributed by atoms with E-state index >= 15 is 0 Å². The number of amides is 2. The maximum Gasteiger partial charge on any atom is 0.251 e. The number of carbonyl (C=O) groups excluding carboxylic acids is 2. The number of rotatable bonds is 12. The van der Waals surface area contributed by atoms with Crippen molar-refractivity contribution in [3.63, 3.8) is 0 Å². The summed E-state index contributed by atoms with van der Waals surface area (Å²) in [6.07, 6.45) is 3.09. The van der Waals surface area contributed by atoms with Crippen molar-refractivity contribution in [1.29, 1.82) is 0 Å². The van der Waals surface area contributed by atoms with Gasteiger partial charge in [-0.15, -0.1) is 0 Å². The van der Waals surface area contributed by atoms with Crippen LogP contribution in [0.15, 0.2) is 50.2 Å². The molecule has 2 heterocycles. The maximum atomic E-state index is 12.4. The summed E-state index contributed by atoms with van der Waals surface area (Å²) >= 11 is 8.55. The van der Waals surface area contributed by atoms with Crippen molar-refractivity contribution in [2.24, 2.45) is 0 Å². The largest absolute Gasteiger partial charge is 0.325 e. The van der Waals surface area contributed by atoms with Gasteiger partial charge in [0, 0.05) is 29.2 Å².